The van der Waals surface area contributed by atoms with Crippen LogP contribution in [-0.4, -0.2) is 23.3 Å². The Balaban J connectivity index is 2.05. The van der Waals surface area contributed by atoms with Crippen molar-refractivity contribution in [3.05, 3.63) is 85.2 Å². The number of nitrogens with one attached hydrogen (secondary N) is 1. The molecule has 1 N–H and O–H groups in total. The number of pyridine rings is 1. The Labute approximate surface area is 203 Å². The quantitative estimate of drug-likeness (QED) is 0.237. The summed E-state index contributed by atoms with van der Waals surface area (Å²) in [6, 6.07) is 8.05. The normalized spacial score (nSPS) is 10.8. The number of ether oxygens (including phenoxy) is 2. The highest BCUT2D eigenvalue weighted by molar-refractivity contribution is 9.10. The Morgan fingerprint density at radius 3 is 2.50 bits per heavy atom. The van der Waals surface area contributed by atoms with E-state index in [0.29, 0.717) is 16.8 Å². The van der Waals surface area contributed by atoms with Gasteiger partial charge in [0.2, 0.25) is 0 Å². The van der Waals surface area contributed by atoms with E-state index in [2.05, 4.69) is 20.9 Å². The molecule has 0 spiro atoms. The highest BCUT2D eigenvalue weighted by atomic mass is 79.9. The molecule has 0 fully saturated rings. The maximum atomic E-state index is 14.1. The van der Waals surface area contributed by atoms with E-state index in [1.165, 1.54) is 6.07 Å². The van der Waals surface area contributed by atoms with Crippen molar-refractivity contribution < 1.29 is 27.8 Å². The molecule has 0 bridgehead atoms. The SMILES string of the molecule is CCOC(=O)CC(=O)c1ccc(C)c(-c2c(C)[nH]c(=O)c(Br)c2OCc2ccc(F)cc2F)c1. The molecule has 0 aliphatic rings. The van der Waals surface area contributed by atoms with Crippen LogP contribution in [0.25, 0.3) is 11.1 Å². The van der Waals surface area contributed by atoms with Gasteiger partial charge >= 0.3 is 5.97 Å². The van der Waals surface area contributed by atoms with E-state index in [4.69, 9.17) is 9.47 Å². The number of rotatable bonds is 8. The van der Waals surface area contributed by atoms with Crippen LogP contribution in [0.2, 0.25) is 0 Å². The molecule has 3 aromatic rings. The van der Waals surface area contributed by atoms with E-state index in [-0.39, 0.29) is 34.6 Å². The van der Waals surface area contributed by atoms with Gasteiger partial charge in [-0.25, -0.2) is 8.78 Å². The van der Waals surface area contributed by atoms with Crippen molar-refractivity contribution in [1.82, 2.24) is 4.98 Å². The summed E-state index contributed by atoms with van der Waals surface area (Å²) in [7, 11) is 0. The fourth-order valence-corrected chi connectivity index (χ4v) is 3.84. The van der Waals surface area contributed by atoms with Gasteiger partial charge in [-0.3, -0.25) is 14.4 Å². The predicted octanol–water partition coefficient (Wildman–Crippen LogP) is 5.41. The highest BCUT2D eigenvalue weighted by Gasteiger charge is 2.21. The molecular formula is C25H22BrF2NO5. The van der Waals surface area contributed by atoms with Crippen molar-refractivity contribution >= 4 is 27.7 Å². The van der Waals surface area contributed by atoms with E-state index in [0.717, 1.165) is 17.7 Å². The summed E-state index contributed by atoms with van der Waals surface area (Å²) in [6.45, 7) is 5.05. The third-order valence-electron chi connectivity index (χ3n) is 5.13. The summed E-state index contributed by atoms with van der Waals surface area (Å²) in [6.07, 6.45) is -0.405. The van der Waals surface area contributed by atoms with Gasteiger partial charge < -0.3 is 14.5 Å². The molecule has 0 aliphatic carbocycles. The van der Waals surface area contributed by atoms with Crippen LogP contribution >= 0.6 is 15.9 Å². The predicted molar refractivity (Wildman–Crippen MR) is 126 cm³/mol. The number of benzene rings is 2. The molecule has 34 heavy (non-hydrogen) atoms. The van der Waals surface area contributed by atoms with Crippen LogP contribution < -0.4 is 10.3 Å². The van der Waals surface area contributed by atoms with Crippen LogP contribution in [0, 0.1) is 25.5 Å². The minimum absolute atomic E-state index is 0.0817. The first kappa shape index (κ1) is 25.3. The standard InChI is InChI=1S/C25H22BrF2NO5/c1-4-33-21(31)11-20(30)15-6-5-13(2)18(9-15)22-14(3)29-25(32)23(26)24(22)34-12-16-7-8-17(27)10-19(16)28/h5-10H,4,11-12H2,1-3H3,(H,29,32). The molecule has 0 aliphatic heterocycles. The van der Waals surface area contributed by atoms with Crippen molar-refractivity contribution in [1.29, 1.82) is 0 Å². The van der Waals surface area contributed by atoms with Crippen LogP contribution in [0.15, 0.2) is 45.7 Å². The van der Waals surface area contributed by atoms with Crippen LogP contribution in [0.1, 0.15) is 40.5 Å². The average Bonchev–Trinajstić information content (AvgIpc) is 2.77. The molecule has 0 saturated heterocycles. The molecular weight excluding hydrogens is 512 g/mol. The molecule has 0 atom stereocenters. The monoisotopic (exact) mass is 533 g/mol. The van der Waals surface area contributed by atoms with Crippen molar-refractivity contribution in [3.8, 4) is 16.9 Å². The van der Waals surface area contributed by atoms with E-state index in [1.807, 2.05) is 6.92 Å². The molecule has 0 saturated carbocycles. The average molecular weight is 534 g/mol. The van der Waals surface area contributed by atoms with Gasteiger partial charge in [-0.05, 0) is 66.0 Å². The molecule has 0 amide bonds. The second kappa shape index (κ2) is 10.7. The van der Waals surface area contributed by atoms with Crippen molar-refractivity contribution in [2.24, 2.45) is 0 Å². The fraction of sp³-hybridized carbons (Fsp3) is 0.240. The Hall–Kier alpha value is -3.33. The first-order valence-electron chi connectivity index (χ1n) is 10.4. The minimum atomic E-state index is -0.776. The number of Topliss-reactive ketones (excluding diaryl/α,β-unsaturated/α-hetero) is 1. The summed E-state index contributed by atoms with van der Waals surface area (Å²) in [5.74, 6) is -2.39. The second-order valence-electron chi connectivity index (χ2n) is 7.56. The van der Waals surface area contributed by atoms with Crippen LogP contribution in [-0.2, 0) is 16.1 Å². The van der Waals surface area contributed by atoms with Gasteiger partial charge in [-0.15, -0.1) is 0 Å². The molecule has 3 rings (SSSR count). The number of H-pyrrole nitrogens is 1. The Morgan fingerprint density at radius 1 is 1.09 bits per heavy atom. The molecule has 9 heteroatoms. The molecule has 178 valence electrons. The molecule has 6 nitrogen and oxygen atoms in total. The second-order valence-corrected chi connectivity index (χ2v) is 8.35. The first-order chi connectivity index (χ1) is 16.1. The number of aryl methyl sites for hydroxylation is 2. The van der Waals surface area contributed by atoms with Gasteiger partial charge in [0.05, 0.1) is 6.61 Å². The van der Waals surface area contributed by atoms with E-state index in [9.17, 15) is 23.2 Å². The number of hydrogen-bond donors (Lipinski definition) is 1. The Morgan fingerprint density at radius 2 is 1.82 bits per heavy atom. The third-order valence-corrected chi connectivity index (χ3v) is 5.85. The molecule has 1 heterocycles. The number of ketones is 1. The van der Waals surface area contributed by atoms with Crippen molar-refractivity contribution in [3.63, 3.8) is 0 Å². The van der Waals surface area contributed by atoms with Crippen molar-refractivity contribution in [2.75, 3.05) is 6.61 Å². The van der Waals surface area contributed by atoms with Gasteiger partial charge in [0, 0.05) is 28.5 Å². The summed E-state index contributed by atoms with van der Waals surface area (Å²) in [5, 5.41) is 0. The summed E-state index contributed by atoms with van der Waals surface area (Å²) in [5.41, 5.74) is 2.23. The number of hydrogen-bond acceptors (Lipinski definition) is 5. The zero-order valence-electron chi connectivity index (χ0n) is 18.8. The van der Waals surface area contributed by atoms with Crippen LogP contribution in [0.5, 0.6) is 5.75 Å². The topological polar surface area (TPSA) is 85.5 Å². The summed E-state index contributed by atoms with van der Waals surface area (Å²) >= 11 is 3.24. The number of carbonyl (C=O) groups is 2. The lowest BCUT2D eigenvalue weighted by Gasteiger charge is -2.18. The maximum Gasteiger partial charge on any atom is 0.313 e. The van der Waals surface area contributed by atoms with Gasteiger partial charge in [-0.1, -0.05) is 12.1 Å². The lowest BCUT2D eigenvalue weighted by Crippen LogP contribution is -2.14. The maximum absolute atomic E-state index is 14.1. The smallest absolute Gasteiger partial charge is 0.313 e. The van der Waals surface area contributed by atoms with Crippen molar-refractivity contribution in [2.45, 2.75) is 33.8 Å². The number of aromatic amines is 1. The fourth-order valence-electron chi connectivity index (χ4n) is 3.43. The zero-order valence-corrected chi connectivity index (χ0v) is 20.3. The van der Waals surface area contributed by atoms with Gasteiger partial charge in [-0.2, -0.15) is 0 Å². The van der Waals surface area contributed by atoms with Crippen LogP contribution in [0.4, 0.5) is 8.78 Å². The molecule has 1 aromatic heterocycles. The van der Waals surface area contributed by atoms with Gasteiger partial charge in [0.1, 0.15) is 34.9 Å². The van der Waals surface area contributed by atoms with E-state index < -0.39 is 35.4 Å². The van der Waals surface area contributed by atoms with Gasteiger partial charge in [0.15, 0.2) is 5.78 Å². The Kier molecular flexibility index (Phi) is 7.98. The molecule has 0 unspecified atom stereocenters. The Bertz CT molecular complexity index is 1320. The van der Waals surface area contributed by atoms with Crippen LogP contribution in [0.3, 0.4) is 0 Å². The number of halogens is 3. The third kappa shape index (κ3) is 5.59. The number of carbonyl (C=O) groups excluding carboxylic acids is 2. The largest absolute Gasteiger partial charge is 0.487 e. The summed E-state index contributed by atoms with van der Waals surface area (Å²) in [4.78, 5) is 39.5. The molecule has 0 radical (unpaired) electrons. The molecule has 2 aromatic carbocycles. The van der Waals surface area contributed by atoms with E-state index in [1.54, 1.807) is 32.0 Å². The van der Waals surface area contributed by atoms with E-state index >= 15 is 0 Å². The summed E-state index contributed by atoms with van der Waals surface area (Å²) < 4.78 is 38.2. The minimum Gasteiger partial charge on any atom is -0.487 e. The first-order valence-corrected chi connectivity index (χ1v) is 11.2. The number of esters is 1. The lowest BCUT2D eigenvalue weighted by molar-refractivity contribution is -0.141. The van der Waals surface area contributed by atoms with Gasteiger partial charge in [0.25, 0.3) is 5.56 Å². The zero-order chi connectivity index (χ0) is 25.0. The number of aromatic nitrogens is 1. The lowest BCUT2D eigenvalue weighted by atomic mass is 9.94. The highest BCUT2D eigenvalue weighted by Crippen LogP contribution is 2.39.